The van der Waals surface area contributed by atoms with Crippen LogP contribution in [0, 0.1) is 5.41 Å². The van der Waals surface area contributed by atoms with Gasteiger partial charge in [-0.1, -0.05) is 32.0 Å². The SMILES string of the molecule is CCc1c2cc3ccccc3oc-2cc(=N)c1CC.Cl. The summed E-state index contributed by atoms with van der Waals surface area (Å²) >= 11 is 0. The lowest BCUT2D eigenvalue weighted by Gasteiger charge is -2.15. The van der Waals surface area contributed by atoms with Crippen LogP contribution in [-0.2, 0) is 12.8 Å². The summed E-state index contributed by atoms with van der Waals surface area (Å²) < 4.78 is 5.95. The third-order valence-corrected chi connectivity index (χ3v) is 3.70. The van der Waals surface area contributed by atoms with Gasteiger partial charge in [-0.2, -0.15) is 0 Å². The van der Waals surface area contributed by atoms with Crippen LogP contribution in [0.25, 0.3) is 22.3 Å². The predicted octanol–water partition coefficient (Wildman–Crippen LogP) is 4.56. The summed E-state index contributed by atoms with van der Waals surface area (Å²) in [5.74, 6) is 0.817. The lowest BCUT2D eigenvalue weighted by Crippen LogP contribution is -2.13. The molecule has 2 aliphatic rings. The maximum absolute atomic E-state index is 8.15. The van der Waals surface area contributed by atoms with Gasteiger partial charge in [0.05, 0.1) is 5.36 Å². The normalized spacial score (nSPS) is 10.7. The minimum Gasteiger partial charge on any atom is -0.456 e. The highest BCUT2D eigenvalue weighted by Crippen LogP contribution is 2.31. The molecule has 0 radical (unpaired) electrons. The zero-order valence-electron chi connectivity index (χ0n) is 11.7. The number of benzene rings is 2. The van der Waals surface area contributed by atoms with Crippen LogP contribution in [0.1, 0.15) is 25.0 Å². The van der Waals surface area contributed by atoms with Crippen molar-refractivity contribution in [3.63, 3.8) is 0 Å². The summed E-state index contributed by atoms with van der Waals surface area (Å²) in [5.41, 5.74) is 4.41. The van der Waals surface area contributed by atoms with Crippen molar-refractivity contribution in [3.05, 3.63) is 52.9 Å². The molecule has 20 heavy (non-hydrogen) atoms. The highest BCUT2D eigenvalue weighted by Gasteiger charge is 2.15. The van der Waals surface area contributed by atoms with Gasteiger partial charge >= 0.3 is 0 Å². The summed E-state index contributed by atoms with van der Waals surface area (Å²) in [6.45, 7) is 4.25. The van der Waals surface area contributed by atoms with E-state index in [1.165, 1.54) is 5.56 Å². The molecule has 0 bridgehead atoms. The van der Waals surface area contributed by atoms with Gasteiger partial charge in [-0.3, -0.25) is 0 Å². The van der Waals surface area contributed by atoms with Crippen molar-refractivity contribution in [1.29, 1.82) is 5.41 Å². The Balaban J connectivity index is 0.00000147. The largest absolute Gasteiger partial charge is 0.456 e. The van der Waals surface area contributed by atoms with Crippen molar-refractivity contribution in [2.75, 3.05) is 0 Å². The van der Waals surface area contributed by atoms with E-state index in [4.69, 9.17) is 9.83 Å². The Hall–Kier alpha value is -1.80. The van der Waals surface area contributed by atoms with E-state index in [0.29, 0.717) is 5.36 Å². The average Bonchev–Trinajstić information content (AvgIpc) is 2.43. The molecule has 0 unspecified atom stereocenters. The monoisotopic (exact) mass is 287 g/mol. The first-order valence-corrected chi connectivity index (χ1v) is 6.76. The van der Waals surface area contributed by atoms with E-state index in [1.807, 2.05) is 24.3 Å². The molecule has 1 aromatic rings. The summed E-state index contributed by atoms with van der Waals surface area (Å²) in [6.07, 6.45) is 1.82. The molecule has 1 aliphatic heterocycles. The third kappa shape index (κ3) is 2.20. The fourth-order valence-electron chi connectivity index (χ4n) is 2.79. The van der Waals surface area contributed by atoms with E-state index in [0.717, 1.165) is 40.7 Å². The molecular formula is C17H18ClNO. The minimum atomic E-state index is 0. The van der Waals surface area contributed by atoms with Crippen molar-refractivity contribution >= 4 is 23.4 Å². The summed E-state index contributed by atoms with van der Waals surface area (Å²) in [7, 11) is 0. The van der Waals surface area contributed by atoms with Gasteiger partial charge in [-0.25, -0.2) is 0 Å². The second-order valence-corrected chi connectivity index (χ2v) is 4.78. The van der Waals surface area contributed by atoms with E-state index < -0.39 is 0 Å². The lowest BCUT2D eigenvalue weighted by molar-refractivity contribution is 0.616. The van der Waals surface area contributed by atoms with Crippen molar-refractivity contribution in [2.45, 2.75) is 26.7 Å². The number of fused-ring (bicyclic) bond motifs is 2. The molecule has 104 valence electrons. The predicted molar refractivity (Wildman–Crippen MR) is 84.7 cm³/mol. The van der Waals surface area contributed by atoms with Crippen LogP contribution in [-0.4, -0.2) is 0 Å². The van der Waals surface area contributed by atoms with Gasteiger partial charge in [0, 0.05) is 17.0 Å². The lowest BCUT2D eigenvalue weighted by atomic mass is 9.93. The smallest absolute Gasteiger partial charge is 0.137 e. The second kappa shape index (κ2) is 5.68. The fraction of sp³-hybridized carbons (Fsp3) is 0.235. The van der Waals surface area contributed by atoms with Gasteiger partial charge in [-0.05, 0) is 36.1 Å². The molecule has 0 saturated carbocycles. The number of halogens is 1. The molecule has 0 atom stereocenters. The van der Waals surface area contributed by atoms with Crippen LogP contribution >= 0.6 is 12.4 Å². The third-order valence-electron chi connectivity index (χ3n) is 3.70. The first kappa shape index (κ1) is 14.6. The first-order chi connectivity index (χ1) is 9.24. The molecule has 0 amide bonds. The van der Waals surface area contributed by atoms with Crippen LogP contribution in [0.15, 0.2) is 40.8 Å². The Morgan fingerprint density at radius 2 is 1.70 bits per heavy atom. The van der Waals surface area contributed by atoms with Crippen LogP contribution in [0.4, 0.5) is 0 Å². The fourth-order valence-corrected chi connectivity index (χ4v) is 2.79. The Labute approximate surface area is 124 Å². The molecule has 0 fully saturated rings. The summed E-state index contributed by atoms with van der Waals surface area (Å²) in [5, 5.41) is 9.85. The van der Waals surface area contributed by atoms with Crippen molar-refractivity contribution in [3.8, 4) is 11.3 Å². The molecule has 3 rings (SSSR count). The molecule has 1 aromatic carbocycles. The Bertz CT molecular complexity index is 776. The van der Waals surface area contributed by atoms with Crippen LogP contribution in [0.2, 0.25) is 0 Å². The molecule has 2 nitrogen and oxygen atoms in total. The van der Waals surface area contributed by atoms with E-state index in [9.17, 15) is 0 Å². The minimum absolute atomic E-state index is 0. The number of para-hydroxylation sites is 1. The second-order valence-electron chi connectivity index (χ2n) is 4.78. The molecule has 1 N–H and O–H groups in total. The number of nitrogens with one attached hydrogen (secondary N) is 1. The highest BCUT2D eigenvalue weighted by atomic mass is 35.5. The van der Waals surface area contributed by atoms with Crippen LogP contribution < -0.4 is 5.36 Å². The zero-order valence-corrected chi connectivity index (χ0v) is 12.5. The first-order valence-electron chi connectivity index (χ1n) is 6.76. The summed E-state index contributed by atoms with van der Waals surface area (Å²) in [4.78, 5) is 0. The Morgan fingerprint density at radius 1 is 1.00 bits per heavy atom. The molecule has 1 heterocycles. The number of rotatable bonds is 2. The molecule has 0 aromatic heterocycles. The van der Waals surface area contributed by atoms with Gasteiger partial charge in [0.15, 0.2) is 0 Å². The maximum Gasteiger partial charge on any atom is 0.137 e. The standard InChI is InChI=1S/C17H17NO.ClH/c1-3-12-13(4-2)15(18)10-17-14(12)9-11-7-5-6-8-16(11)19-17;/h5-10,18H,3-4H2,1-2H3;1H. The number of hydrogen-bond donors (Lipinski definition) is 1. The Kier molecular flexibility index (Phi) is 4.15. The number of hydrogen-bond acceptors (Lipinski definition) is 2. The van der Waals surface area contributed by atoms with E-state index in [2.05, 4.69) is 26.0 Å². The van der Waals surface area contributed by atoms with Gasteiger partial charge in [0.1, 0.15) is 11.3 Å². The van der Waals surface area contributed by atoms with E-state index in [1.54, 1.807) is 0 Å². The zero-order chi connectivity index (χ0) is 13.4. The molecular weight excluding hydrogens is 270 g/mol. The average molecular weight is 288 g/mol. The van der Waals surface area contributed by atoms with Gasteiger partial charge in [-0.15, -0.1) is 12.4 Å². The van der Waals surface area contributed by atoms with Crippen molar-refractivity contribution < 1.29 is 4.42 Å². The van der Waals surface area contributed by atoms with Crippen LogP contribution in [0.3, 0.4) is 0 Å². The van der Waals surface area contributed by atoms with E-state index in [-0.39, 0.29) is 12.4 Å². The summed E-state index contributed by atoms with van der Waals surface area (Å²) in [6, 6.07) is 12.1. The van der Waals surface area contributed by atoms with Gasteiger partial charge in [0.25, 0.3) is 0 Å². The molecule has 3 heteroatoms. The Morgan fingerprint density at radius 3 is 2.40 bits per heavy atom. The van der Waals surface area contributed by atoms with Crippen molar-refractivity contribution in [2.24, 2.45) is 0 Å². The molecule has 0 spiro atoms. The van der Waals surface area contributed by atoms with Crippen molar-refractivity contribution in [1.82, 2.24) is 0 Å². The highest BCUT2D eigenvalue weighted by molar-refractivity contribution is 5.85. The van der Waals surface area contributed by atoms with E-state index >= 15 is 0 Å². The molecule has 1 aliphatic carbocycles. The topological polar surface area (TPSA) is 37.0 Å². The van der Waals surface area contributed by atoms with Crippen LogP contribution in [0.5, 0.6) is 0 Å². The van der Waals surface area contributed by atoms with Gasteiger partial charge < -0.3 is 9.83 Å². The maximum atomic E-state index is 8.15. The van der Waals surface area contributed by atoms with Gasteiger partial charge in [0.2, 0.25) is 0 Å². The quantitative estimate of drug-likeness (QED) is 0.689. The molecule has 0 saturated heterocycles.